The predicted octanol–water partition coefficient (Wildman–Crippen LogP) is 1.41. The van der Waals surface area contributed by atoms with E-state index in [9.17, 15) is 8.42 Å². The van der Waals surface area contributed by atoms with E-state index in [4.69, 9.17) is 10.5 Å². The van der Waals surface area contributed by atoms with E-state index >= 15 is 0 Å². The van der Waals surface area contributed by atoms with Crippen molar-refractivity contribution in [2.24, 2.45) is 5.73 Å². The Morgan fingerprint density at radius 2 is 1.84 bits per heavy atom. The highest BCUT2D eigenvalue weighted by Crippen LogP contribution is 2.15. The van der Waals surface area contributed by atoms with Crippen molar-refractivity contribution in [2.75, 3.05) is 13.7 Å². The first-order valence-electron chi connectivity index (χ1n) is 6.23. The van der Waals surface area contributed by atoms with Gasteiger partial charge in [0.15, 0.2) is 0 Å². The van der Waals surface area contributed by atoms with Crippen LogP contribution in [0.4, 0.5) is 0 Å². The van der Waals surface area contributed by atoms with Crippen LogP contribution in [0.25, 0.3) is 0 Å². The highest BCUT2D eigenvalue weighted by Gasteiger charge is 2.17. The van der Waals surface area contributed by atoms with Gasteiger partial charge in [-0.3, -0.25) is 0 Å². The van der Waals surface area contributed by atoms with Gasteiger partial charge in [0, 0.05) is 25.8 Å². The van der Waals surface area contributed by atoms with Crippen LogP contribution in [0.15, 0.2) is 29.2 Å². The molecule has 5 nitrogen and oxygen atoms in total. The quantitative estimate of drug-likeness (QED) is 0.794. The zero-order valence-electron chi connectivity index (χ0n) is 11.6. The van der Waals surface area contributed by atoms with Crippen LogP contribution in [0.5, 0.6) is 0 Å². The summed E-state index contributed by atoms with van der Waals surface area (Å²) < 4.78 is 31.8. The van der Waals surface area contributed by atoms with Gasteiger partial charge in [0.25, 0.3) is 0 Å². The number of hydrogen-bond acceptors (Lipinski definition) is 4. The van der Waals surface area contributed by atoms with Crippen LogP contribution >= 0.6 is 0 Å². The van der Waals surface area contributed by atoms with Gasteiger partial charge in [-0.05, 0) is 38.0 Å². The minimum absolute atomic E-state index is 0.106. The van der Waals surface area contributed by atoms with Crippen LogP contribution < -0.4 is 10.5 Å². The second-order valence-corrected chi connectivity index (χ2v) is 6.38. The van der Waals surface area contributed by atoms with Crippen LogP contribution in [0.3, 0.4) is 0 Å². The summed E-state index contributed by atoms with van der Waals surface area (Å²) >= 11 is 0. The van der Waals surface area contributed by atoms with Crippen LogP contribution in [0.2, 0.25) is 0 Å². The lowest BCUT2D eigenvalue weighted by Gasteiger charge is -2.14. The van der Waals surface area contributed by atoms with Crippen molar-refractivity contribution in [1.29, 1.82) is 0 Å². The SMILES string of the molecule is COCCC(C)NS(=O)(=O)c1ccc(C(C)N)cc1. The van der Waals surface area contributed by atoms with Gasteiger partial charge in [0.1, 0.15) is 0 Å². The summed E-state index contributed by atoms with van der Waals surface area (Å²) in [5.74, 6) is 0. The summed E-state index contributed by atoms with van der Waals surface area (Å²) in [6, 6.07) is 6.34. The van der Waals surface area contributed by atoms with Gasteiger partial charge in [-0.25, -0.2) is 13.1 Å². The fraction of sp³-hybridized carbons (Fsp3) is 0.538. The average molecular weight is 286 g/mol. The number of nitrogens with one attached hydrogen (secondary N) is 1. The molecular weight excluding hydrogens is 264 g/mol. The standard InChI is InChI=1S/C13H22N2O3S/c1-10(8-9-18-3)15-19(16,17)13-6-4-12(5-7-13)11(2)14/h4-7,10-11,15H,8-9,14H2,1-3H3. The molecule has 1 rings (SSSR count). The summed E-state index contributed by atoms with van der Waals surface area (Å²) in [5.41, 5.74) is 6.64. The van der Waals surface area contributed by atoms with E-state index in [1.807, 2.05) is 13.8 Å². The molecule has 0 heterocycles. The van der Waals surface area contributed by atoms with Crippen molar-refractivity contribution in [3.8, 4) is 0 Å². The van der Waals surface area contributed by atoms with Gasteiger partial charge >= 0.3 is 0 Å². The lowest BCUT2D eigenvalue weighted by Crippen LogP contribution is -2.33. The van der Waals surface area contributed by atoms with E-state index in [-0.39, 0.29) is 17.0 Å². The number of rotatable bonds is 7. The van der Waals surface area contributed by atoms with Crippen LogP contribution in [0.1, 0.15) is 31.9 Å². The van der Waals surface area contributed by atoms with Crippen molar-refractivity contribution < 1.29 is 13.2 Å². The van der Waals surface area contributed by atoms with E-state index in [0.717, 1.165) is 5.56 Å². The Labute approximate surface area is 115 Å². The van der Waals surface area contributed by atoms with Gasteiger partial charge in [0.05, 0.1) is 4.90 Å². The Morgan fingerprint density at radius 1 is 1.26 bits per heavy atom. The lowest BCUT2D eigenvalue weighted by molar-refractivity contribution is 0.188. The maximum atomic E-state index is 12.1. The first-order chi connectivity index (χ1) is 8.86. The molecule has 0 saturated carbocycles. The molecule has 0 bridgehead atoms. The first-order valence-corrected chi connectivity index (χ1v) is 7.72. The summed E-state index contributed by atoms with van der Waals surface area (Å²) in [7, 11) is -1.89. The number of ether oxygens (including phenoxy) is 1. The smallest absolute Gasteiger partial charge is 0.240 e. The predicted molar refractivity (Wildman–Crippen MR) is 75.3 cm³/mol. The molecule has 1 aromatic rings. The summed E-state index contributed by atoms with van der Waals surface area (Å²) in [6.07, 6.45) is 0.633. The molecule has 19 heavy (non-hydrogen) atoms. The maximum Gasteiger partial charge on any atom is 0.240 e. The second-order valence-electron chi connectivity index (χ2n) is 4.66. The molecule has 0 aliphatic rings. The third kappa shape index (κ3) is 4.91. The van der Waals surface area contributed by atoms with Gasteiger partial charge in [-0.15, -0.1) is 0 Å². The van der Waals surface area contributed by atoms with Crippen molar-refractivity contribution in [3.63, 3.8) is 0 Å². The third-order valence-corrected chi connectivity index (χ3v) is 4.43. The largest absolute Gasteiger partial charge is 0.385 e. The van der Waals surface area contributed by atoms with Crippen molar-refractivity contribution >= 4 is 10.0 Å². The third-order valence-electron chi connectivity index (χ3n) is 2.83. The molecule has 0 spiro atoms. The molecule has 3 N–H and O–H groups in total. The minimum Gasteiger partial charge on any atom is -0.385 e. The van der Waals surface area contributed by atoms with Crippen molar-refractivity contribution in [3.05, 3.63) is 29.8 Å². The van der Waals surface area contributed by atoms with Gasteiger partial charge < -0.3 is 10.5 Å². The molecular formula is C13H22N2O3S. The molecule has 0 aromatic heterocycles. The van der Waals surface area contributed by atoms with Gasteiger partial charge in [-0.2, -0.15) is 0 Å². The molecule has 1 aromatic carbocycles. The van der Waals surface area contributed by atoms with Crippen LogP contribution in [0, 0.1) is 0 Å². The van der Waals surface area contributed by atoms with E-state index in [0.29, 0.717) is 13.0 Å². The zero-order chi connectivity index (χ0) is 14.5. The Kier molecular flexibility index (Phi) is 5.93. The lowest BCUT2D eigenvalue weighted by atomic mass is 10.1. The number of nitrogens with two attached hydrogens (primary N) is 1. The Balaban J connectivity index is 2.77. The number of methoxy groups -OCH3 is 1. The van der Waals surface area contributed by atoms with Gasteiger partial charge in [0.2, 0.25) is 10.0 Å². The van der Waals surface area contributed by atoms with E-state index in [1.54, 1.807) is 31.4 Å². The molecule has 0 radical (unpaired) electrons. The molecule has 6 heteroatoms. The Morgan fingerprint density at radius 3 is 2.32 bits per heavy atom. The molecule has 0 saturated heterocycles. The number of benzene rings is 1. The summed E-state index contributed by atoms with van der Waals surface area (Å²) in [5, 5.41) is 0. The van der Waals surface area contributed by atoms with Crippen molar-refractivity contribution in [2.45, 2.75) is 37.2 Å². The van der Waals surface area contributed by atoms with Crippen LogP contribution in [-0.4, -0.2) is 28.2 Å². The van der Waals surface area contributed by atoms with Gasteiger partial charge in [-0.1, -0.05) is 12.1 Å². The van der Waals surface area contributed by atoms with Crippen molar-refractivity contribution in [1.82, 2.24) is 4.72 Å². The molecule has 2 unspecified atom stereocenters. The molecule has 0 amide bonds. The number of sulfonamides is 1. The highest BCUT2D eigenvalue weighted by molar-refractivity contribution is 7.89. The van der Waals surface area contributed by atoms with Crippen LogP contribution in [-0.2, 0) is 14.8 Å². The average Bonchev–Trinajstić information content (AvgIpc) is 2.36. The molecule has 0 fully saturated rings. The molecule has 2 atom stereocenters. The first kappa shape index (κ1) is 16.1. The molecule has 108 valence electrons. The minimum atomic E-state index is -3.48. The normalized spacial score (nSPS) is 15.2. The molecule has 0 aliphatic heterocycles. The summed E-state index contributed by atoms with van der Waals surface area (Å²) in [6.45, 7) is 4.19. The second kappa shape index (κ2) is 7.00. The fourth-order valence-electron chi connectivity index (χ4n) is 1.64. The summed E-state index contributed by atoms with van der Waals surface area (Å²) in [4.78, 5) is 0.251. The van der Waals surface area contributed by atoms with E-state index < -0.39 is 10.0 Å². The highest BCUT2D eigenvalue weighted by atomic mass is 32.2. The number of hydrogen-bond donors (Lipinski definition) is 2. The Bertz CT molecular complexity index is 483. The van der Waals surface area contributed by atoms with E-state index in [2.05, 4.69) is 4.72 Å². The molecule has 0 aliphatic carbocycles. The van der Waals surface area contributed by atoms with E-state index in [1.165, 1.54) is 0 Å². The fourth-order valence-corrected chi connectivity index (χ4v) is 2.92. The zero-order valence-corrected chi connectivity index (χ0v) is 12.4. The Hall–Kier alpha value is -0.950. The topological polar surface area (TPSA) is 81.4 Å². The maximum absolute atomic E-state index is 12.1. The monoisotopic (exact) mass is 286 g/mol.